The first-order valence-electron chi connectivity index (χ1n) is 4.81. The van der Waals surface area contributed by atoms with Crippen molar-refractivity contribution in [2.75, 3.05) is 6.54 Å². The molecule has 0 bridgehead atoms. The maximum Gasteiger partial charge on any atom is 0.115 e. The molecule has 0 saturated heterocycles. The van der Waals surface area contributed by atoms with Gasteiger partial charge in [0.15, 0.2) is 0 Å². The van der Waals surface area contributed by atoms with Gasteiger partial charge in [0.1, 0.15) is 5.75 Å². The topological polar surface area (TPSA) is 64.1 Å². The molecule has 1 aromatic heterocycles. The molecule has 0 aliphatic rings. The number of rotatable bonds is 3. The Bertz CT molecular complexity index is 433. The van der Waals surface area contributed by atoms with Crippen LogP contribution >= 0.6 is 0 Å². The summed E-state index contributed by atoms with van der Waals surface area (Å²) in [5, 5.41) is 13.3. The predicted molar refractivity (Wildman–Crippen MR) is 58.4 cm³/mol. The molecule has 0 aliphatic heterocycles. The highest BCUT2D eigenvalue weighted by Crippen LogP contribution is 2.20. The molecule has 0 fully saturated rings. The normalized spacial score (nSPS) is 10.5. The van der Waals surface area contributed by atoms with Crippen LogP contribution < -0.4 is 5.73 Å². The van der Waals surface area contributed by atoms with Gasteiger partial charge in [-0.05, 0) is 17.7 Å². The number of phenols is 1. The maximum atomic E-state index is 9.16. The highest BCUT2D eigenvalue weighted by atomic mass is 16.3. The highest BCUT2D eigenvalue weighted by molar-refractivity contribution is 5.62. The van der Waals surface area contributed by atoms with Crippen LogP contribution in [0.15, 0.2) is 36.7 Å². The summed E-state index contributed by atoms with van der Waals surface area (Å²) < 4.78 is 1.81. The van der Waals surface area contributed by atoms with Gasteiger partial charge in [-0.2, -0.15) is 5.10 Å². The zero-order valence-electron chi connectivity index (χ0n) is 8.30. The average molecular weight is 203 g/mol. The smallest absolute Gasteiger partial charge is 0.115 e. The Kier molecular flexibility index (Phi) is 2.69. The fourth-order valence-corrected chi connectivity index (χ4v) is 1.42. The van der Waals surface area contributed by atoms with Gasteiger partial charge in [0.25, 0.3) is 0 Å². The lowest BCUT2D eigenvalue weighted by atomic mass is 10.1. The molecule has 0 atom stereocenters. The average Bonchev–Trinajstić information content (AvgIpc) is 2.68. The third-order valence-electron chi connectivity index (χ3n) is 2.19. The standard InChI is InChI=1S/C11H13N3O/c12-5-6-14-8-10(7-13-14)9-1-3-11(15)4-2-9/h1-4,7-8,15H,5-6,12H2. The van der Waals surface area contributed by atoms with E-state index in [1.165, 1.54) is 0 Å². The molecule has 0 saturated carbocycles. The second kappa shape index (κ2) is 4.14. The van der Waals surface area contributed by atoms with E-state index in [4.69, 9.17) is 10.8 Å². The van der Waals surface area contributed by atoms with E-state index in [9.17, 15) is 0 Å². The Morgan fingerprint density at radius 3 is 2.60 bits per heavy atom. The molecule has 0 radical (unpaired) electrons. The number of phenolic OH excluding ortho intramolecular Hbond substituents is 1. The van der Waals surface area contributed by atoms with E-state index >= 15 is 0 Å². The molecule has 1 heterocycles. The van der Waals surface area contributed by atoms with E-state index < -0.39 is 0 Å². The number of benzene rings is 1. The molecule has 1 aromatic carbocycles. The molecular formula is C11H13N3O. The Morgan fingerprint density at radius 2 is 1.93 bits per heavy atom. The molecule has 0 spiro atoms. The first kappa shape index (κ1) is 9.73. The minimum absolute atomic E-state index is 0.271. The number of nitrogens with two attached hydrogens (primary N) is 1. The monoisotopic (exact) mass is 203 g/mol. The van der Waals surface area contributed by atoms with Crippen LogP contribution in [0.3, 0.4) is 0 Å². The number of aromatic hydroxyl groups is 1. The lowest BCUT2D eigenvalue weighted by molar-refractivity contribution is 0.475. The lowest BCUT2D eigenvalue weighted by Crippen LogP contribution is -2.09. The van der Waals surface area contributed by atoms with Gasteiger partial charge >= 0.3 is 0 Å². The van der Waals surface area contributed by atoms with Crippen LogP contribution in [-0.4, -0.2) is 21.4 Å². The molecule has 2 aromatic rings. The minimum Gasteiger partial charge on any atom is -0.508 e. The van der Waals surface area contributed by atoms with Crippen molar-refractivity contribution in [1.82, 2.24) is 9.78 Å². The molecule has 78 valence electrons. The molecule has 3 N–H and O–H groups in total. The van der Waals surface area contributed by atoms with Crippen LogP contribution in [0.2, 0.25) is 0 Å². The van der Waals surface area contributed by atoms with Crippen molar-refractivity contribution < 1.29 is 5.11 Å². The van der Waals surface area contributed by atoms with E-state index in [0.717, 1.165) is 17.7 Å². The van der Waals surface area contributed by atoms with Crippen molar-refractivity contribution in [1.29, 1.82) is 0 Å². The van der Waals surface area contributed by atoms with E-state index in [0.29, 0.717) is 6.54 Å². The van der Waals surface area contributed by atoms with E-state index in [-0.39, 0.29) is 5.75 Å². The van der Waals surface area contributed by atoms with Gasteiger partial charge in [-0.25, -0.2) is 0 Å². The predicted octanol–water partition coefficient (Wildman–Crippen LogP) is 1.21. The Labute approximate surface area is 88.0 Å². The summed E-state index contributed by atoms with van der Waals surface area (Å²) in [6.45, 7) is 1.30. The van der Waals surface area contributed by atoms with Gasteiger partial charge in [-0.15, -0.1) is 0 Å². The van der Waals surface area contributed by atoms with Gasteiger partial charge in [-0.3, -0.25) is 4.68 Å². The van der Waals surface area contributed by atoms with Crippen LogP contribution in [0.25, 0.3) is 11.1 Å². The number of hydrogen-bond acceptors (Lipinski definition) is 3. The zero-order chi connectivity index (χ0) is 10.7. The van der Waals surface area contributed by atoms with Crippen molar-refractivity contribution in [2.45, 2.75) is 6.54 Å². The summed E-state index contributed by atoms with van der Waals surface area (Å²) in [6.07, 6.45) is 3.74. The van der Waals surface area contributed by atoms with Crippen molar-refractivity contribution in [3.63, 3.8) is 0 Å². The van der Waals surface area contributed by atoms with Gasteiger partial charge in [0.05, 0.1) is 12.7 Å². The van der Waals surface area contributed by atoms with Crippen molar-refractivity contribution in [3.05, 3.63) is 36.7 Å². The van der Waals surface area contributed by atoms with Gasteiger partial charge in [0, 0.05) is 18.3 Å². The summed E-state index contributed by atoms with van der Waals surface area (Å²) in [7, 11) is 0. The maximum absolute atomic E-state index is 9.16. The van der Waals surface area contributed by atoms with Crippen LogP contribution in [-0.2, 0) is 6.54 Å². The van der Waals surface area contributed by atoms with Gasteiger partial charge in [0.2, 0.25) is 0 Å². The summed E-state index contributed by atoms with van der Waals surface area (Å²) in [4.78, 5) is 0. The summed E-state index contributed by atoms with van der Waals surface area (Å²) in [5.41, 5.74) is 7.50. The van der Waals surface area contributed by atoms with Crippen LogP contribution in [0.4, 0.5) is 0 Å². The molecule has 15 heavy (non-hydrogen) atoms. The van der Waals surface area contributed by atoms with Crippen molar-refractivity contribution in [2.24, 2.45) is 5.73 Å². The van der Waals surface area contributed by atoms with Crippen molar-refractivity contribution >= 4 is 0 Å². The Morgan fingerprint density at radius 1 is 1.20 bits per heavy atom. The minimum atomic E-state index is 0.271. The van der Waals surface area contributed by atoms with Gasteiger partial charge in [-0.1, -0.05) is 12.1 Å². The molecule has 4 heteroatoms. The zero-order valence-corrected chi connectivity index (χ0v) is 8.30. The van der Waals surface area contributed by atoms with Crippen molar-refractivity contribution in [3.8, 4) is 16.9 Å². The Balaban J connectivity index is 2.25. The molecule has 0 amide bonds. The lowest BCUT2D eigenvalue weighted by Gasteiger charge is -1.97. The molecule has 0 aliphatic carbocycles. The van der Waals surface area contributed by atoms with Crippen LogP contribution in [0.5, 0.6) is 5.75 Å². The molecule has 0 unspecified atom stereocenters. The second-order valence-electron chi connectivity index (χ2n) is 3.33. The Hall–Kier alpha value is -1.81. The summed E-state index contributed by atoms with van der Waals surface area (Å²) in [5.74, 6) is 0.271. The molecule has 4 nitrogen and oxygen atoms in total. The molecular weight excluding hydrogens is 190 g/mol. The quantitative estimate of drug-likeness (QED) is 0.788. The first-order chi connectivity index (χ1) is 7.29. The number of nitrogens with zero attached hydrogens (tertiary/aromatic N) is 2. The summed E-state index contributed by atoms with van der Waals surface area (Å²) in [6, 6.07) is 7.05. The van der Waals surface area contributed by atoms with Crippen LogP contribution in [0.1, 0.15) is 0 Å². The fraction of sp³-hybridized carbons (Fsp3) is 0.182. The number of aromatic nitrogens is 2. The molecule has 2 rings (SSSR count). The van der Waals surface area contributed by atoms with E-state index in [1.807, 2.05) is 23.0 Å². The van der Waals surface area contributed by atoms with Crippen LogP contribution in [0, 0.1) is 0 Å². The third-order valence-corrected chi connectivity index (χ3v) is 2.19. The third kappa shape index (κ3) is 2.16. The van der Waals surface area contributed by atoms with E-state index in [2.05, 4.69) is 5.10 Å². The SMILES string of the molecule is NCCn1cc(-c2ccc(O)cc2)cn1. The van der Waals surface area contributed by atoms with Gasteiger partial charge < -0.3 is 10.8 Å². The van der Waals surface area contributed by atoms with E-state index in [1.54, 1.807) is 18.3 Å². The second-order valence-corrected chi connectivity index (χ2v) is 3.33. The fourth-order valence-electron chi connectivity index (χ4n) is 1.42. The highest BCUT2D eigenvalue weighted by Gasteiger charge is 2.00. The largest absolute Gasteiger partial charge is 0.508 e. The number of hydrogen-bond donors (Lipinski definition) is 2. The summed E-state index contributed by atoms with van der Waals surface area (Å²) >= 11 is 0. The first-order valence-corrected chi connectivity index (χ1v) is 4.81.